The lowest BCUT2D eigenvalue weighted by Crippen LogP contribution is -2.49. The van der Waals surface area contributed by atoms with Crippen LogP contribution >= 0.6 is 0 Å². The molecule has 1 heterocycles. The number of hydrogen-bond acceptors (Lipinski definition) is 3. The van der Waals surface area contributed by atoms with Gasteiger partial charge < -0.3 is 20.1 Å². The van der Waals surface area contributed by atoms with Gasteiger partial charge in [-0.25, -0.2) is 4.79 Å². The SMILES string of the molecule is CCCOCc1ccccc1CNC(=O)N1CCC(C)C(O)C1. The number of likely N-dealkylation sites (tertiary alicyclic amines) is 1. The van der Waals surface area contributed by atoms with E-state index in [2.05, 4.69) is 12.2 Å². The zero-order valence-electron chi connectivity index (χ0n) is 14.1. The fourth-order valence-corrected chi connectivity index (χ4v) is 2.71. The molecule has 2 rings (SSSR count). The first-order valence-electron chi connectivity index (χ1n) is 8.47. The van der Waals surface area contributed by atoms with E-state index in [0.29, 0.717) is 26.2 Å². The Bertz CT molecular complexity index is 507. The van der Waals surface area contributed by atoms with Crippen molar-refractivity contribution in [2.45, 2.75) is 45.9 Å². The molecule has 128 valence electrons. The zero-order valence-corrected chi connectivity index (χ0v) is 14.1. The molecule has 5 nitrogen and oxygen atoms in total. The van der Waals surface area contributed by atoms with Crippen molar-refractivity contribution in [3.8, 4) is 0 Å². The Morgan fingerprint density at radius 3 is 2.83 bits per heavy atom. The number of carbonyl (C=O) groups excluding carboxylic acids is 1. The molecule has 0 saturated carbocycles. The van der Waals surface area contributed by atoms with Gasteiger partial charge in [0.05, 0.1) is 12.7 Å². The summed E-state index contributed by atoms with van der Waals surface area (Å²) in [6.45, 7) is 7.00. The molecule has 1 aliphatic rings. The Hall–Kier alpha value is -1.59. The molecule has 0 radical (unpaired) electrons. The standard InChI is InChI=1S/C18H28N2O3/c1-3-10-23-13-16-7-5-4-6-15(16)11-19-18(22)20-9-8-14(2)17(21)12-20/h4-7,14,17,21H,3,8-13H2,1-2H3,(H,19,22). The Morgan fingerprint density at radius 2 is 2.13 bits per heavy atom. The van der Waals surface area contributed by atoms with Crippen LogP contribution in [-0.2, 0) is 17.9 Å². The summed E-state index contributed by atoms with van der Waals surface area (Å²) >= 11 is 0. The number of aliphatic hydroxyl groups is 1. The van der Waals surface area contributed by atoms with Crippen LogP contribution in [0.1, 0.15) is 37.8 Å². The monoisotopic (exact) mass is 320 g/mol. The molecule has 0 aliphatic carbocycles. The number of ether oxygens (including phenoxy) is 1. The maximum atomic E-state index is 12.3. The number of aliphatic hydroxyl groups excluding tert-OH is 1. The van der Waals surface area contributed by atoms with Crippen LogP contribution in [0.25, 0.3) is 0 Å². The van der Waals surface area contributed by atoms with Crippen LogP contribution in [0, 0.1) is 5.92 Å². The number of β-amino-alcohol motifs (C(OH)–C–C–N with tert-alkyl or cyclic N) is 1. The first kappa shape index (κ1) is 17.8. The highest BCUT2D eigenvalue weighted by molar-refractivity contribution is 5.74. The summed E-state index contributed by atoms with van der Waals surface area (Å²) in [5, 5.41) is 12.9. The van der Waals surface area contributed by atoms with Crippen molar-refractivity contribution in [3.63, 3.8) is 0 Å². The highest BCUT2D eigenvalue weighted by atomic mass is 16.5. The fraction of sp³-hybridized carbons (Fsp3) is 0.611. The number of nitrogens with one attached hydrogen (secondary N) is 1. The van der Waals surface area contributed by atoms with E-state index in [0.717, 1.165) is 30.6 Å². The van der Waals surface area contributed by atoms with Crippen LogP contribution in [0.2, 0.25) is 0 Å². The van der Waals surface area contributed by atoms with Gasteiger partial charge in [0.2, 0.25) is 0 Å². The predicted octanol–water partition coefficient (Wildman–Crippen LogP) is 2.53. The van der Waals surface area contributed by atoms with Crippen LogP contribution in [0.3, 0.4) is 0 Å². The summed E-state index contributed by atoms with van der Waals surface area (Å²) in [7, 11) is 0. The average molecular weight is 320 g/mol. The Balaban J connectivity index is 1.86. The number of piperidine rings is 1. The molecule has 1 aromatic rings. The number of urea groups is 1. The number of amides is 2. The lowest BCUT2D eigenvalue weighted by molar-refractivity contribution is 0.0435. The van der Waals surface area contributed by atoms with E-state index in [1.165, 1.54) is 0 Å². The van der Waals surface area contributed by atoms with Crippen molar-refractivity contribution in [2.75, 3.05) is 19.7 Å². The highest BCUT2D eigenvalue weighted by Gasteiger charge is 2.27. The first-order valence-corrected chi connectivity index (χ1v) is 8.47. The maximum absolute atomic E-state index is 12.3. The third kappa shape index (κ3) is 5.22. The Kier molecular flexibility index (Phi) is 6.86. The van der Waals surface area contributed by atoms with Gasteiger partial charge in [-0.3, -0.25) is 0 Å². The molecule has 0 bridgehead atoms. The number of nitrogens with zero attached hydrogens (tertiary/aromatic N) is 1. The average Bonchev–Trinajstić information content (AvgIpc) is 2.56. The van der Waals surface area contributed by atoms with Crippen LogP contribution in [0.15, 0.2) is 24.3 Å². The molecule has 2 N–H and O–H groups in total. The second kappa shape index (κ2) is 8.89. The lowest BCUT2D eigenvalue weighted by Gasteiger charge is -2.34. The third-order valence-corrected chi connectivity index (χ3v) is 4.36. The van der Waals surface area contributed by atoms with Crippen LogP contribution in [-0.4, -0.2) is 41.8 Å². The molecule has 2 unspecified atom stereocenters. The Labute approximate surface area is 138 Å². The molecule has 2 atom stereocenters. The predicted molar refractivity (Wildman–Crippen MR) is 90.0 cm³/mol. The number of hydrogen-bond donors (Lipinski definition) is 2. The van der Waals surface area contributed by atoms with Crippen molar-refractivity contribution in [3.05, 3.63) is 35.4 Å². The van der Waals surface area contributed by atoms with Gasteiger partial charge >= 0.3 is 6.03 Å². The molecule has 5 heteroatoms. The van der Waals surface area contributed by atoms with E-state index in [4.69, 9.17) is 4.74 Å². The Morgan fingerprint density at radius 1 is 1.39 bits per heavy atom. The maximum Gasteiger partial charge on any atom is 0.317 e. The largest absolute Gasteiger partial charge is 0.391 e. The van der Waals surface area contributed by atoms with Crippen molar-refractivity contribution in [2.24, 2.45) is 5.92 Å². The second-order valence-corrected chi connectivity index (χ2v) is 6.26. The molecule has 1 aliphatic heterocycles. The van der Waals surface area contributed by atoms with E-state index >= 15 is 0 Å². The summed E-state index contributed by atoms with van der Waals surface area (Å²) < 4.78 is 5.60. The normalized spacial score (nSPS) is 21.3. The molecule has 2 amide bonds. The van der Waals surface area contributed by atoms with Gasteiger partial charge in [-0.15, -0.1) is 0 Å². The topological polar surface area (TPSA) is 61.8 Å². The summed E-state index contributed by atoms with van der Waals surface area (Å²) in [4.78, 5) is 14.0. The number of carbonyl (C=O) groups is 1. The summed E-state index contributed by atoms with van der Waals surface area (Å²) in [5.74, 6) is 0.260. The minimum Gasteiger partial charge on any atom is -0.391 e. The molecule has 1 fully saturated rings. The second-order valence-electron chi connectivity index (χ2n) is 6.26. The molecular formula is C18H28N2O3. The van der Waals surface area contributed by atoms with E-state index in [1.54, 1.807) is 4.90 Å². The van der Waals surface area contributed by atoms with E-state index in [9.17, 15) is 9.90 Å². The van der Waals surface area contributed by atoms with Gasteiger partial charge in [0.1, 0.15) is 0 Å². The van der Waals surface area contributed by atoms with Crippen molar-refractivity contribution < 1.29 is 14.6 Å². The molecular weight excluding hydrogens is 292 g/mol. The minimum atomic E-state index is -0.427. The van der Waals surface area contributed by atoms with Crippen LogP contribution in [0.4, 0.5) is 4.79 Å². The van der Waals surface area contributed by atoms with Gasteiger partial charge in [0, 0.05) is 26.2 Å². The van der Waals surface area contributed by atoms with Crippen molar-refractivity contribution in [1.82, 2.24) is 10.2 Å². The van der Waals surface area contributed by atoms with E-state index in [1.807, 2.05) is 31.2 Å². The molecule has 1 saturated heterocycles. The van der Waals surface area contributed by atoms with Crippen molar-refractivity contribution in [1.29, 1.82) is 0 Å². The molecule has 0 spiro atoms. The first-order chi connectivity index (χ1) is 11.1. The van der Waals surface area contributed by atoms with Crippen molar-refractivity contribution >= 4 is 6.03 Å². The van der Waals surface area contributed by atoms with Gasteiger partial charge in [-0.2, -0.15) is 0 Å². The van der Waals surface area contributed by atoms with E-state index < -0.39 is 6.10 Å². The lowest BCUT2D eigenvalue weighted by atomic mass is 9.96. The number of rotatable bonds is 6. The highest BCUT2D eigenvalue weighted by Crippen LogP contribution is 2.17. The van der Waals surface area contributed by atoms with Gasteiger partial charge in [-0.1, -0.05) is 38.1 Å². The third-order valence-electron chi connectivity index (χ3n) is 4.36. The number of benzene rings is 1. The summed E-state index contributed by atoms with van der Waals surface area (Å²) in [6.07, 6.45) is 1.41. The van der Waals surface area contributed by atoms with Gasteiger partial charge in [0.15, 0.2) is 0 Å². The van der Waals surface area contributed by atoms with Crippen LogP contribution in [0.5, 0.6) is 0 Å². The van der Waals surface area contributed by atoms with Gasteiger partial charge in [0.25, 0.3) is 0 Å². The van der Waals surface area contributed by atoms with Crippen LogP contribution < -0.4 is 5.32 Å². The molecule has 1 aromatic carbocycles. The summed E-state index contributed by atoms with van der Waals surface area (Å²) in [5.41, 5.74) is 2.18. The fourth-order valence-electron chi connectivity index (χ4n) is 2.71. The smallest absolute Gasteiger partial charge is 0.317 e. The van der Waals surface area contributed by atoms with Gasteiger partial charge in [-0.05, 0) is 29.9 Å². The summed E-state index contributed by atoms with van der Waals surface area (Å²) in [6, 6.07) is 7.89. The van der Waals surface area contributed by atoms with E-state index in [-0.39, 0.29) is 11.9 Å². The quantitative estimate of drug-likeness (QED) is 0.792. The minimum absolute atomic E-state index is 0.111. The molecule has 0 aromatic heterocycles. The zero-order chi connectivity index (χ0) is 16.7. The molecule has 23 heavy (non-hydrogen) atoms.